The van der Waals surface area contributed by atoms with Gasteiger partial charge in [0.25, 0.3) is 0 Å². The lowest BCUT2D eigenvalue weighted by molar-refractivity contribution is 0.669. The maximum Gasteiger partial charge on any atom is 0.164 e. The number of rotatable bonds is 4. The summed E-state index contributed by atoms with van der Waals surface area (Å²) in [5, 5.41) is 9.11. The predicted molar refractivity (Wildman–Crippen MR) is 201 cm³/mol. The third-order valence-electron chi connectivity index (χ3n) is 9.48. The summed E-state index contributed by atoms with van der Waals surface area (Å²) in [6.45, 7) is 0. The van der Waals surface area contributed by atoms with Crippen LogP contribution in [0.5, 0.6) is 0 Å². The SMILES string of the molecule is c1ccc(-c2cc(-c3nc(-c4ccccc4)nc(-c4cc5ccc6ccccc6c5c5ccccc45)n3)c3c(c2)oc2ccccc23)cc1. The molecule has 0 fully saturated rings. The van der Waals surface area contributed by atoms with Crippen molar-refractivity contribution < 1.29 is 4.42 Å². The maximum absolute atomic E-state index is 6.48. The first-order valence-corrected chi connectivity index (χ1v) is 16.4. The lowest BCUT2D eigenvalue weighted by atomic mass is 9.93. The molecule has 10 rings (SSSR count). The summed E-state index contributed by atoms with van der Waals surface area (Å²) >= 11 is 0. The molecule has 49 heavy (non-hydrogen) atoms. The molecule has 0 N–H and O–H groups in total. The first-order valence-electron chi connectivity index (χ1n) is 16.4. The molecule has 0 radical (unpaired) electrons. The number of benzene rings is 8. The molecule has 2 aromatic heterocycles. The molecule has 0 amide bonds. The maximum atomic E-state index is 6.48. The standard InChI is InChI=1S/C45H27N3O/c1-3-13-28(14-4-1)32-26-38(42-36-21-11-12-22-39(36)49-40(42)27-32)45-47-43(30-16-5-2-6-17-30)46-44(48-45)37-25-31-24-23-29-15-7-8-18-33(29)41(31)35-20-10-9-19-34(35)37/h1-27H. The van der Waals surface area contributed by atoms with E-state index in [9.17, 15) is 0 Å². The van der Waals surface area contributed by atoms with Gasteiger partial charge in [-0.05, 0) is 67.7 Å². The Balaban J connectivity index is 1.31. The van der Waals surface area contributed by atoms with Crippen LogP contribution in [-0.4, -0.2) is 15.0 Å². The van der Waals surface area contributed by atoms with Gasteiger partial charge in [-0.1, -0.05) is 140 Å². The van der Waals surface area contributed by atoms with Gasteiger partial charge in [0, 0.05) is 27.5 Å². The number of furan rings is 1. The van der Waals surface area contributed by atoms with Crippen molar-refractivity contribution in [1.29, 1.82) is 0 Å². The lowest BCUT2D eigenvalue weighted by Crippen LogP contribution is -2.01. The molecule has 8 aromatic carbocycles. The van der Waals surface area contributed by atoms with Crippen molar-refractivity contribution in [3.8, 4) is 45.3 Å². The molecule has 2 heterocycles. The monoisotopic (exact) mass is 625 g/mol. The van der Waals surface area contributed by atoms with E-state index in [4.69, 9.17) is 19.4 Å². The number of aromatic nitrogens is 3. The third-order valence-corrected chi connectivity index (χ3v) is 9.48. The minimum Gasteiger partial charge on any atom is -0.456 e. The van der Waals surface area contributed by atoms with E-state index in [0.717, 1.165) is 60.5 Å². The Morgan fingerprint density at radius 2 is 0.918 bits per heavy atom. The zero-order valence-electron chi connectivity index (χ0n) is 26.3. The molecule has 0 spiro atoms. The van der Waals surface area contributed by atoms with Crippen LogP contribution in [0.25, 0.3) is 99.5 Å². The van der Waals surface area contributed by atoms with E-state index in [0.29, 0.717) is 17.5 Å². The molecule has 0 aliphatic rings. The summed E-state index contributed by atoms with van der Waals surface area (Å²) in [4.78, 5) is 15.7. The van der Waals surface area contributed by atoms with Crippen molar-refractivity contribution in [1.82, 2.24) is 15.0 Å². The molecule has 4 nitrogen and oxygen atoms in total. The van der Waals surface area contributed by atoms with Crippen molar-refractivity contribution in [2.45, 2.75) is 0 Å². The van der Waals surface area contributed by atoms with Crippen LogP contribution in [0.4, 0.5) is 0 Å². The van der Waals surface area contributed by atoms with Crippen LogP contribution in [0.2, 0.25) is 0 Å². The molecule has 0 aliphatic carbocycles. The van der Waals surface area contributed by atoms with E-state index in [1.807, 2.05) is 42.5 Å². The van der Waals surface area contributed by atoms with Crippen LogP contribution >= 0.6 is 0 Å². The van der Waals surface area contributed by atoms with Crippen LogP contribution in [0.1, 0.15) is 0 Å². The molecule has 0 saturated carbocycles. The van der Waals surface area contributed by atoms with Gasteiger partial charge in [-0.25, -0.2) is 15.0 Å². The molecule has 0 bridgehead atoms. The summed E-state index contributed by atoms with van der Waals surface area (Å²) in [5.74, 6) is 1.84. The number of hydrogen-bond donors (Lipinski definition) is 0. The average molecular weight is 626 g/mol. The second kappa shape index (κ2) is 11.0. The largest absolute Gasteiger partial charge is 0.456 e. The Morgan fingerprint density at radius 1 is 0.327 bits per heavy atom. The quantitative estimate of drug-likeness (QED) is 0.183. The molecule has 10 aromatic rings. The molecule has 0 unspecified atom stereocenters. The number of nitrogens with zero attached hydrogens (tertiary/aromatic N) is 3. The van der Waals surface area contributed by atoms with Crippen molar-refractivity contribution in [3.05, 3.63) is 164 Å². The molecule has 0 atom stereocenters. The highest BCUT2D eigenvalue weighted by Gasteiger charge is 2.21. The van der Waals surface area contributed by atoms with Crippen molar-refractivity contribution in [2.24, 2.45) is 0 Å². The summed E-state index contributed by atoms with van der Waals surface area (Å²) in [6.07, 6.45) is 0. The van der Waals surface area contributed by atoms with Gasteiger partial charge in [0.15, 0.2) is 17.5 Å². The molecule has 0 saturated heterocycles. The highest BCUT2D eigenvalue weighted by atomic mass is 16.3. The lowest BCUT2D eigenvalue weighted by Gasteiger charge is -2.14. The minimum absolute atomic E-state index is 0.598. The molecular weight excluding hydrogens is 599 g/mol. The summed E-state index contributed by atoms with van der Waals surface area (Å²) in [7, 11) is 0. The van der Waals surface area contributed by atoms with E-state index in [2.05, 4.69) is 121 Å². The Labute approximate surface area is 282 Å². The van der Waals surface area contributed by atoms with Gasteiger partial charge < -0.3 is 4.42 Å². The molecule has 4 heteroatoms. The number of hydrogen-bond acceptors (Lipinski definition) is 4. The first kappa shape index (κ1) is 27.5. The zero-order chi connectivity index (χ0) is 32.3. The summed E-state index contributed by atoms with van der Waals surface area (Å²) in [5.41, 5.74) is 6.55. The first-order chi connectivity index (χ1) is 24.3. The normalized spacial score (nSPS) is 11.7. The van der Waals surface area contributed by atoms with E-state index < -0.39 is 0 Å². The van der Waals surface area contributed by atoms with E-state index >= 15 is 0 Å². The summed E-state index contributed by atoms with van der Waals surface area (Å²) in [6, 6.07) is 56.8. The Kier molecular flexibility index (Phi) is 6.15. The van der Waals surface area contributed by atoms with Gasteiger partial charge in [0.05, 0.1) is 0 Å². The number of fused-ring (bicyclic) bond motifs is 8. The van der Waals surface area contributed by atoms with Crippen LogP contribution in [0.15, 0.2) is 168 Å². The van der Waals surface area contributed by atoms with E-state index in [1.54, 1.807) is 0 Å². The average Bonchev–Trinajstić information content (AvgIpc) is 3.56. The van der Waals surface area contributed by atoms with E-state index in [-0.39, 0.29) is 0 Å². The molecular formula is C45H27N3O. The fourth-order valence-corrected chi connectivity index (χ4v) is 7.22. The third kappa shape index (κ3) is 4.49. The van der Waals surface area contributed by atoms with Crippen molar-refractivity contribution in [3.63, 3.8) is 0 Å². The van der Waals surface area contributed by atoms with E-state index in [1.165, 1.54) is 21.5 Å². The van der Waals surface area contributed by atoms with Gasteiger partial charge in [-0.15, -0.1) is 0 Å². The zero-order valence-corrected chi connectivity index (χ0v) is 26.3. The van der Waals surface area contributed by atoms with Gasteiger partial charge in [-0.2, -0.15) is 0 Å². The van der Waals surface area contributed by atoms with Gasteiger partial charge in [-0.3, -0.25) is 0 Å². The highest BCUT2D eigenvalue weighted by Crippen LogP contribution is 2.41. The number of para-hydroxylation sites is 1. The fraction of sp³-hybridized carbons (Fsp3) is 0. The second-order valence-corrected chi connectivity index (χ2v) is 12.4. The predicted octanol–water partition coefficient (Wildman–Crippen LogP) is 11.9. The second-order valence-electron chi connectivity index (χ2n) is 12.4. The van der Waals surface area contributed by atoms with Crippen LogP contribution < -0.4 is 0 Å². The van der Waals surface area contributed by atoms with Gasteiger partial charge >= 0.3 is 0 Å². The van der Waals surface area contributed by atoms with Crippen molar-refractivity contribution in [2.75, 3.05) is 0 Å². The van der Waals surface area contributed by atoms with Gasteiger partial charge in [0.1, 0.15) is 11.2 Å². The Hall–Kier alpha value is -6.65. The van der Waals surface area contributed by atoms with Crippen LogP contribution in [0.3, 0.4) is 0 Å². The fourth-order valence-electron chi connectivity index (χ4n) is 7.22. The Morgan fingerprint density at radius 3 is 1.71 bits per heavy atom. The summed E-state index contributed by atoms with van der Waals surface area (Å²) < 4.78 is 6.48. The minimum atomic E-state index is 0.598. The topological polar surface area (TPSA) is 51.8 Å². The van der Waals surface area contributed by atoms with Gasteiger partial charge in [0.2, 0.25) is 0 Å². The smallest absolute Gasteiger partial charge is 0.164 e. The highest BCUT2D eigenvalue weighted by molar-refractivity contribution is 6.23. The van der Waals surface area contributed by atoms with Crippen molar-refractivity contribution >= 4 is 54.3 Å². The van der Waals surface area contributed by atoms with Crippen LogP contribution in [-0.2, 0) is 0 Å². The molecule has 0 aliphatic heterocycles. The van der Waals surface area contributed by atoms with Crippen LogP contribution in [0, 0.1) is 0 Å². The Bertz CT molecular complexity index is 2880. The molecule has 228 valence electrons.